The van der Waals surface area contributed by atoms with Gasteiger partial charge in [0, 0.05) is 12.5 Å². The quantitative estimate of drug-likeness (QED) is 0.670. The van der Waals surface area contributed by atoms with Gasteiger partial charge in [0.15, 0.2) is 0 Å². The molecule has 0 heterocycles. The first kappa shape index (κ1) is 17.0. The molecule has 1 aromatic carbocycles. The molecule has 20 heavy (non-hydrogen) atoms. The minimum Gasteiger partial charge on any atom is -0.496 e. The van der Waals surface area contributed by atoms with E-state index in [1.807, 2.05) is 0 Å². The lowest BCUT2D eigenvalue weighted by molar-refractivity contribution is 0.370. The highest BCUT2D eigenvalue weighted by Gasteiger charge is 2.22. The van der Waals surface area contributed by atoms with Gasteiger partial charge in [-0.15, -0.1) is 0 Å². The number of ether oxygens (including phenoxy) is 1. The molecule has 1 aromatic rings. The first-order chi connectivity index (χ1) is 9.63. The Morgan fingerprint density at radius 2 is 1.95 bits per heavy atom. The van der Waals surface area contributed by atoms with Gasteiger partial charge >= 0.3 is 0 Å². The summed E-state index contributed by atoms with van der Waals surface area (Å²) < 4.78 is 5.59. The highest BCUT2D eigenvalue weighted by atomic mass is 16.5. The minimum atomic E-state index is 0.524. The summed E-state index contributed by atoms with van der Waals surface area (Å²) in [6.45, 7) is 11.1. The van der Waals surface area contributed by atoms with E-state index < -0.39 is 0 Å². The van der Waals surface area contributed by atoms with Gasteiger partial charge < -0.3 is 10.1 Å². The maximum Gasteiger partial charge on any atom is 0.122 e. The van der Waals surface area contributed by atoms with Gasteiger partial charge in [-0.2, -0.15) is 0 Å². The van der Waals surface area contributed by atoms with Crippen molar-refractivity contribution < 1.29 is 4.74 Å². The lowest BCUT2D eigenvalue weighted by atomic mass is 9.83. The number of nitrogens with one attached hydrogen (secondary N) is 1. The number of aryl methyl sites for hydroxylation is 1. The molecule has 0 aliphatic rings. The summed E-state index contributed by atoms with van der Waals surface area (Å²) in [7, 11) is 1.77. The van der Waals surface area contributed by atoms with E-state index in [4.69, 9.17) is 4.74 Å². The van der Waals surface area contributed by atoms with Crippen molar-refractivity contribution in [3.8, 4) is 5.75 Å². The Balaban J connectivity index is 2.98. The maximum atomic E-state index is 5.59. The van der Waals surface area contributed by atoms with E-state index in [-0.39, 0.29) is 0 Å². The van der Waals surface area contributed by atoms with Crippen molar-refractivity contribution in [3.05, 3.63) is 29.3 Å². The monoisotopic (exact) mass is 277 g/mol. The third-order valence-corrected chi connectivity index (χ3v) is 4.01. The molecule has 0 fully saturated rings. The number of hydrogen-bond donors (Lipinski definition) is 1. The second kappa shape index (κ2) is 9.02. The Labute approximate surface area is 124 Å². The van der Waals surface area contributed by atoms with Gasteiger partial charge in [0.25, 0.3) is 0 Å². The molecule has 0 radical (unpaired) electrons. The van der Waals surface area contributed by atoms with E-state index in [1.165, 1.54) is 30.4 Å². The zero-order valence-electron chi connectivity index (χ0n) is 13.8. The number of benzene rings is 1. The fourth-order valence-electron chi connectivity index (χ4n) is 2.85. The van der Waals surface area contributed by atoms with E-state index in [0.717, 1.165) is 18.8 Å². The van der Waals surface area contributed by atoms with Crippen molar-refractivity contribution >= 4 is 0 Å². The smallest absolute Gasteiger partial charge is 0.122 e. The van der Waals surface area contributed by atoms with Crippen LogP contribution in [0.3, 0.4) is 0 Å². The SMILES string of the molecule is CCCNCC(c1cc(C)ccc1OC)C(C)CCC. The Kier molecular flexibility index (Phi) is 7.68. The third kappa shape index (κ3) is 4.82. The van der Waals surface area contributed by atoms with Gasteiger partial charge in [-0.1, -0.05) is 51.3 Å². The second-order valence-corrected chi connectivity index (χ2v) is 5.82. The van der Waals surface area contributed by atoms with Crippen molar-refractivity contribution in [1.82, 2.24) is 5.32 Å². The largest absolute Gasteiger partial charge is 0.496 e. The standard InChI is InChI=1S/C18H31NO/c1-6-8-15(4)17(13-19-11-7-2)16-12-14(3)9-10-18(16)20-5/h9-10,12,15,17,19H,6-8,11,13H2,1-5H3. The van der Waals surface area contributed by atoms with Crippen LogP contribution < -0.4 is 10.1 Å². The van der Waals surface area contributed by atoms with Gasteiger partial charge in [-0.05, 0) is 37.4 Å². The summed E-state index contributed by atoms with van der Waals surface area (Å²) in [6, 6.07) is 6.53. The van der Waals surface area contributed by atoms with Crippen molar-refractivity contribution in [2.24, 2.45) is 5.92 Å². The average Bonchev–Trinajstić information content (AvgIpc) is 2.44. The molecule has 1 N–H and O–H groups in total. The van der Waals surface area contributed by atoms with Crippen LogP contribution in [0.1, 0.15) is 57.1 Å². The molecular weight excluding hydrogens is 246 g/mol. The summed E-state index contributed by atoms with van der Waals surface area (Å²) in [5.74, 6) is 2.22. The topological polar surface area (TPSA) is 21.3 Å². The fourth-order valence-corrected chi connectivity index (χ4v) is 2.85. The van der Waals surface area contributed by atoms with Crippen LogP contribution in [0.4, 0.5) is 0 Å². The van der Waals surface area contributed by atoms with Gasteiger partial charge in [-0.3, -0.25) is 0 Å². The molecule has 0 aliphatic carbocycles. The van der Waals surface area contributed by atoms with Crippen LogP contribution in [0.5, 0.6) is 5.75 Å². The Morgan fingerprint density at radius 1 is 1.20 bits per heavy atom. The zero-order valence-corrected chi connectivity index (χ0v) is 13.8. The molecule has 2 nitrogen and oxygen atoms in total. The van der Waals surface area contributed by atoms with E-state index >= 15 is 0 Å². The molecule has 2 heteroatoms. The van der Waals surface area contributed by atoms with Crippen LogP contribution in [0, 0.1) is 12.8 Å². The number of methoxy groups -OCH3 is 1. The molecule has 0 saturated heterocycles. The summed E-state index contributed by atoms with van der Waals surface area (Å²) in [5, 5.41) is 3.59. The van der Waals surface area contributed by atoms with Gasteiger partial charge in [0.2, 0.25) is 0 Å². The molecule has 0 aliphatic heterocycles. The van der Waals surface area contributed by atoms with Crippen molar-refractivity contribution in [2.45, 2.75) is 52.9 Å². The first-order valence-electron chi connectivity index (χ1n) is 7.99. The Hall–Kier alpha value is -1.02. The molecule has 114 valence electrons. The lowest BCUT2D eigenvalue weighted by Crippen LogP contribution is -2.26. The van der Waals surface area contributed by atoms with Crippen molar-refractivity contribution in [2.75, 3.05) is 20.2 Å². The van der Waals surface area contributed by atoms with Crippen LogP contribution in [0.2, 0.25) is 0 Å². The van der Waals surface area contributed by atoms with Crippen LogP contribution in [-0.4, -0.2) is 20.2 Å². The third-order valence-electron chi connectivity index (χ3n) is 4.01. The molecule has 0 spiro atoms. The van der Waals surface area contributed by atoms with Crippen LogP contribution >= 0.6 is 0 Å². The molecular formula is C18H31NO. The number of rotatable bonds is 9. The summed E-state index contributed by atoms with van der Waals surface area (Å²) in [6.07, 6.45) is 3.68. The normalized spacial score (nSPS) is 14.1. The predicted octanol–water partition coefficient (Wildman–Crippen LogP) is 4.52. The fraction of sp³-hybridized carbons (Fsp3) is 0.667. The summed E-state index contributed by atoms with van der Waals surface area (Å²) in [5.41, 5.74) is 2.67. The van der Waals surface area contributed by atoms with Crippen molar-refractivity contribution in [3.63, 3.8) is 0 Å². The molecule has 2 atom stereocenters. The predicted molar refractivity (Wildman–Crippen MR) is 87.7 cm³/mol. The van der Waals surface area contributed by atoms with Gasteiger partial charge in [0.1, 0.15) is 5.75 Å². The minimum absolute atomic E-state index is 0.524. The Morgan fingerprint density at radius 3 is 2.55 bits per heavy atom. The average molecular weight is 277 g/mol. The van der Waals surface area contributed by atoms with E-state index in [0.29, 0.717) is 11.8 Å². The molecule has 0 bridgehead atoms. The molecule has 0 saturated carbocycles. The highest BCUT2D eigenvalue weighted by molar-refractivity contribution is 5.40. The molecule has 0 aromatic heterocycles. The molecule has 2 unspecified atom stereocenters. The van der Waals surface area contributed by atoms with Crippen molar-refractivity contribution in [1.29, 1.82) is 0 Å². The van der Waals surface area contributed by atoms with Gasteiger partial charge in [0.05, 0.1) is 7.11 Å². The Bertz CT molecular complexity index is 389. The lowest BCUT2D eigenvalue weighted by Gasteiger charge is -2.26. The van der Waals surface area contributed by atoms with Crippen LogP contribution in [0.25, 0.3) is 0 Å². The van der Waals surface area contributed by atoms with Crippen LogP contribution in [0.15, 0.2) is 18.2 Å². The van der Waals surface area contributed by atoms with E-state index in [1.54, 1.807) is 7.11 Å². The summed E-state index contributed by atoms with van der Waals surface area (Å²) in [4.78, 5) is 0. The molecule has 1 rings (SSSR count). The number of hydrogen-bond acceptors (Lipinski definition) is 2. The van der Waals surface area contributed by atoms with E-state index in [2.05, 4.69) is 51.2 Å². The first-order valence-corrected chi connectivity index (χ1v) is 7.99. The van der Waals surface area contributed by atoms with E-state index in [9.17, 15) is 0 Å². The second-order valence-electron chi connectivity index (χ2n) is 5.82. The summed E-state index contributed by atoms with van der Waals surface area (Å²) >= 11 is 0. The maximum absolute atomic E-state index is 5.59. The zero-order chi connectivity index (χ0) is 15.0. The molecule has 0 amide bonds. The van der Waals surface area contributed by atoms with Crippen LogP contribution in [-0.2, 0) is 0 Å². The highest BCUT2D eigenvalue weighted by Crippen LogP contribution is 2.34. The van der Waals surface area contributed by atoms with Gasteiger partial charge in [-0.25, -0.2) is 0 Å².